The normalized spacial score (nSPS) is 16.5. The lowest BCUT2D eigenvalue weighted by molar-refractivity contribution is -0.00184. The topological polar surface area (TPSA) is 56.6 Å². The highest BCUT2D eigenvalue weighted by Crippen LogP contribution is 2.49. The highest BCUT2D eigenvalue weighted by Gasteiger charge is 2.46. The van der Waals surface area contributed by atoms with Crippen LogP contribution in [0.1, 0.15) is 42.6 Å². The number of likely N-dealkylation sites (tertiary alicyclic amines) is 1. The molecule has 0 radical (unpaired) electrons. The van der Waals surface area contributed by atoms with E-state index in [0.717, 1.165) is 22.6 Å². The number of aryl methyl sites for hydroxylation is 1. The van der Waals surface area contributed by atoms with E-state index in [1.165, 1.54) is 12.1 Å². The van der Waals surface area contributed by atoms with Gasteiger partial charge in [0.15, 0.2) is 0 Å². The second-order valence-corrected chi connectivity index (χ2v) is 8.72. The van der Waals surface area contributed by atoms with Gasteiger partial charge in [0.05, 0.1) is 23.6 Å². The molecule has 2 aromatic carbocycles. The van der Waals surface area contributed by atoms with E-state index in [-0.39, 0.29) is 17.6 Å². The van der Waals surface area contributed by atoms with Gasteiger partial charge < -0.3 is 14.4 Å². The number of ether oxygens (including phenoxy) is 2. The number of nitrogens with zero attached hydrogens (tertiary/aromatic N) is 3. The van der Waals surface area contributed by atoms with Gasteiger partial charge in [-0.2, -0.15) is 5.10 Å². The fourth-order valence-corrected chi connectivity index (χ4v) is 4.73. The zero-order chi connectivity index (χ0) is 22.5. The van der Waals surface area contributed by atoms with Gasteiger partial charge in [-0.05, 0) is 38.1 Å². The molecule has 1 fully saturated rings. The minimum absolute atomic E-state index is 0.0628. The summed E-state index contributed by atoms with van der Waals surface area (Å²) in [6.07, 6.45) is 3.03. The minimum atomic E-state index is -0.564. The Morgan fingerprint density at radius 2 is 1.94 bits per heavy atom. The standard InChI is InChI=1S/C25H26FN3O3/c1-16(2)31-17-8-9-18(21(26)14-17)24(30)29-12-10-25(11-13-29)20-15-27-28(3)23(20)19-6-4-5-7-22(19)32-25/h4-9,14-16H,10-13H2,1-3H3. The maximum atomic E-state index is 14.7. The molecule has 0 bridgehead atoms. The van der Waals surface area contributed by atoms with Crippen LogP contribution < -0.4 is 9.47 Å². The van der Waals surface area contributed by atoms with E-state index in [1.54, 1.807) is 11.0 Å². The van der Waals surface area contributed by atoms with Crippen molar-refractivity contribution in [2.75, 3.05) is 13.1 Å². The molecule has 32 heavy (non-hydrogen) atoms. The van der Waals surface area contributed by atoms with Crippen LogP contribution >= 0.6 is 0 Å². The molecule has 0 atom stereocenters. The summed E-state index contributed by atoms with van der Waals surface area (Å²) >= 11 is 0. The number of benzene rings is 2. The van der Waals surface area contributed by atoms with Crippen LogP contribution in [0.3, 0.4) is 0 Å². The second-order valence-electron chi connectivity index (χ2n) is 8.72. The Morgan fingerprint density at radius 3 is 2.66 bits per heavy atom. The van der Waals surface area contributed by atoms with Crippen molar-refractivity contribution in [1.29, 1.82) is 0 Å². The van der Waals surface area contributed by atoms with Crippen LogP contribution in [0.15, 0.2) is 48.7 Å². The van der Waals surface area contributed by atoms with Gasteiger partial charge in [0.25, 0.3) is 5.91 Å². The molecule has 7 heteroatoms. The Morgan fingerprint density at radius 1 is 1.19 bits per heavy atom. The second kappa shape index (κ2) is 7.65. The molecule has 5 rings (SSSR count). The quantitative estimate of drug-likeness (QED) is 0.606. The predicted molar refractivity (Wildman–Crippen MR) is 118 cm³/mol. The third-order valence-corrected chi connectivity index (χ3v) is 6.28. The summed E-state index contributed by atoms with van der Waals surface area (Å²) < 4.78 is 28.6. The zero-order valence-electron chi connectivity index (χ0n) is 18.5. The molecule has 0 aliphatic carbocycles. The third-order valence-electron chi connectivity index (χ3n) is 6.28. The molecule has 2 aliphatic heterocycles. The lowest BCUT2D eigenvalue weighted by Gasteiger charge is -2.44. The fourth-order valence-electron chi connectivity index (χ4n) is 4.73. The molecular formula is C25H26FN3O3. The van der Waals surface area contributed by atoms with Gasteiger partial charge >= 0.3 is 0 Å². The first-order valence-electron chi connectivity index (χ1n) is 10.9. The summed E-state index contributed by atoms with van der Waals surface area (Å²) in [5.41, 5.74) is 2.65. The smallest absolute Gasteiger partial charge is 0.256 e. The summed E-state index contributed by atoms with van der Waals surface area (Å²) in [6.45, 7) is 4.69. The number of carbonyl (C=O) groups excluding carboxylic acids is 1. The number of halogens is 1. The Labute approximate surface area is 186 Å². The maximum Gasteiger partial charge on any atom is 0.256 e. The number of fused-ring (bicyclic) bond motifs is 4. The maximum absolute atomic E-state index is 14.7. The molecule has 0 saturated carbocycles. The number of hydrogen-bond acceptors (Lipinski definition) is 4. The van der Waals surface area contributed by atoms with Crippen LogP contribution in [0.2, 0.25) is 0 Å². The highest BCUT2D eigenvalue weighted by atomic mass is 19.1. The Hall–Kier alpha value is -3.35. The molecular weight excluding hydrogens is 409 g/mol. The summed E-state index contributed by atoms with van der Waals surface area (Å²) in [4.78, 5) is 14.8. The summed E-state index contributed by atoms with van der Waals surface area (Å²) in [5.74, 6) is 0.377. The van der Waals surface area contributed by atoms with Gasteiger partial charge in [-0.1, -0.05) is 12.1 Å². The molecule has 6 nitrogen and oxygen atoms in total. The van der Waals surface area contributed by atoms with Gasteiger partial charge in [-0.3, -0.25) is 9.48 Å². The summed E-state index contributed by atoms with van der Waals surface area (Å²) in [7, 11) is 1.93. The molecule has 0 N–H and O–H groups in total. The van der Waals surface area contributed by atoms with Crippen molar-refractivity contribution in [3.8, 4) is 22.8 Å². The van der Waals surface area contributed by atoms with E-state index in [1.807, 2.05) is 56.0 Å². The number of amides is 1. The van der Waals surface area contributed by atoms with Crippen LogP contribution in [0, 0.1) is 5.82 Å². The SMILES string of the molecule is CC(C)Oc1ccc(C(=O)N2CCC3(CC2)Oc2ccccc2-c2c3cnn2C)c(F)c1. The zero-order valence-corrected chi connectivity index (χ0v) is 18.5. The van der Waals surface area contributed by atoms with Crippen molar-refractivity contribution in [2.45, 2.75) is 38.4 Å². The number of rotatable bonds is 3. The van der Waals surface area contributed by atoms with Crippen molar-refractivity contribution in [3.63, 3.8) is 0 Å². The first-order chi connectivity index (χ1) is 15.4. The molecule has 0 unspecified atom stereocenters. The fraction of sp³-hybridized carbons (Fsp3) is 0.360. The van der Waals surface area contributed by atoms with Crippen molar-refractivity contribution in [3.05, 3.63) is 65.6 Å². The summed E-state index contributed by atoms with van der Waals surface area (Å²) in [6, 6.07) is 12.4. The molecule has 1 amide bonds. The van der Waals surface area contributed by atoms with Gasteiger partial charge in [0.2, 0.25) is 0 Å². The van der Waals surface area contributed by atoms with Crippen LogP contribution in [-0.2, 0) is 12.6 Å². The first kappa shape index (κ1) is 20.5. The number of piperidine rings is 1. The van der Waals surface area contributed by atoms with Gasteiger partial charge in [-0.15, -0.1) is 0 Å². The molecule has 2 aliphatic rings. The van der Waals surface area contributed by atoms with E-state index in [2.05, 4.69) is 5.10 Å². The van der Waals surface area contributed by atoms with E-state index >= 15 is 0 Å². The van der Waals surface area contributed by atoms with E-state index in [0.29, 0.717) is 31.7 Å². The highest BCUT2D eigenvalue weighted by molar-refractivity contribution is 5.94. The largest absolute Gasteiger partial charge is 0.491 e. The van der Waals surface area contributed by atoms with E-state index in [4.69, 9.17) is 9.47 Å². The van der Waals surface area contributed by atoms with Gasteiger partial charge in [-0.25, -0.2) is 4.39 Å². The average Bonchev–Trinajstić information content (AvgIpc) is 3.17. The molecule has 3 heterocycles. The third kappa shape index (κ3) is 3.32. The predicted octanol–water partition coefficient (Wildman–Crippen LogP) is 4.54. The molecule has 1 aromatic heterocycles. The molecule has 1 saturated heterocycles. The van der Waals surface area contributed by atoms with Crippen molar-refractivity contribution in [1.82, 2.24) is 14.7 Å². The Balaban J connectivity index is 1.37. The monoisotopic (exact) mass is 435 g/mol. The van der Waals surface area contributed by atoms with Gasteiger partial charge in [0, 0.05) is 50.2 Å². The number of para-hydroxylation sites is 1. The van der Waals surface area contributed by atoms with Crippen molar-refractivity contribution >= 4 is 5.91 Å². The summed E-state index contributed by atoms with van der Waals surface area (Å²) in [5, 5.41) is 4.48. The van der Waals surface area contributed by atoms with E-state index < -0.39 is 11.4 Å². The van der Waals surface area contributed by atoms with Crippen LogP contribution in [0.4, 0.5) is 4.39 Å². The molecule has 3 aromatic rings. The van der Waals surface area contributed by atoms with Crippen LogP contribution in [-0.4, -0.2) is 39.8 Å². The van der Waals surface area contributed by atoms with Crippen molar-refractivity contribution < 1.29 is 18.7 Å². The number of hydrogen-bond donors (Lipinski definition) is 0. The Kier molecular flexibility index (Phi) is 4.92. The lowest BCUT2D eigenvalue weighted by Crippen LogP contribution is -2.49. The van der Waals surface area contributed by atoms with Crippen molar-refractivity contribution in [2.24, 2.45) is 7.05 Å². The van der Waals surface area contributed by atoms with Crippen LogP contribution in [0.25, 0.3) is 11.3 Å². The van der Waals surface area contributed by atoms with Gasteiger partial charge in [0.1, 0.15) is 22.9 Å². The molecule has 1 spiro atoms. The molecule has 166 valence electrons. The van der Waals surface area contributed by atoms with Crippen LogP contribution in [0.5, 0.6) is 11.5 Å². The average molecular weight is 435 g/mol. The number of carbonyl (C=O) groups is 1. The Bertz CT molecular complexity index is 1180. The number of aromatic nitrogens is 2. The minimum Gasteiger partial charge on any atom is -0.491 e. The van der Waals surface area contributed by atoms with E-state index in [9.17, 15) is 9.18 Å². The first-order valence-corrected chi connectivity index (χ1v) is 10.9. The lowest BCUT2D eigenvalue weighted by atomic mass is 9.81.